The van der Waals surface area contributed by atoms with Crippen LogP contribution in [0.25, 0.3) is 0 Å². The van der Waals surface area contributed by atoms with Crippen molar-refractivity contribution < 1.29 is 27.9 Å². The Balaban J connectivity index is 1.79. The lowest BCUT2D eigenvalue weighted by molar-refractivity contribution is -0.152. The third-order valence-electron chi connectivity index (χ3n) is 3.29. The second-order valence-corrected chi connectivity index (χ2v) is 5.32. The van der Waals surface area contributed by atoms with Crippen LogP contribution in [0.2, 0.25) is 0 Å². The molecule has 0 saturated heterocycles. The van der Waals surface area contributed by atoms with E-state index in [0.29, 0.717) is 5.69 Å². The van der Waals surface area contributed by atoms with Crippen molar-refractivity contribution >= 4 is 23.5 Å². The fourth-order valence-electron chi connectivity index (χ4n) is 1.93. The number of benzene rings is 2. The van der Waals surface area contributed by atoms with Crippen molar-refractivity contribution in [3.8, 4) is 0 Å². The molecule has 0 aromatic heterocycles. The van der Waals surface area contributed by atoms with Crippen molar-refractivity contribution in [2.24, 2.45) is 0 Å². The van der Waals surface area contributed by atoms with Gasteiger partial charge in [-0.1, -0.05) is 0 Å². The standard InChI is InChI=1S/C18H16F2N2O4/c1-11(17(24)22-15-8-6-14(20)7-9-15)26-16(23)10-21-18(25)12-2-4-13(19)5-3-12/h2-9,11H,10H2,1H3,(H,21,25)(H,22,24)/t11-/m1/s1. The molecular weight excluding hydrogens is 346 g/mol. The third kappa shape index (κ3) is 5.66. The molecule has 0 fully saturated rings. The Morgan fingerprint density at radius 2 is 1.50 bits per heavy atom. The summed E-state index contributed by atoms with van der Waals surface area (Å²) in [4.78, 5) is 35.4. The van der Waals surface area contributed by atoms with Crippen molar-refractivity contribution in [1.82, 2.24) is 5.32 Å². The smallest absolute Gasteiger partial charge is 0.326 e. The first-order valence-electron chi connectivity index (χ1n) is 7.65. The minimum atomic E-state index is -1.12. The topological polar surface area (TPSA) is 84.5 Å². The van der Waals surface area contributed by atoms with Crippen LogP contribution in [0.15, 0.2) is 48.5 Å². The summed E-state index contributed by atoms with van der Waals surface area (Å²) >= 11 is 0. The molecule has 0 heterocycles. The maximum absolute atomic E-state index is 12.8. The van der Waals surface area contributed by atoms with Crippen LogP contribution in [0, 0.1) is 11.6 Å². The number of hydrogen-bond donors (Lipinski definition) is 2. The molecular formula is C18H16F2N2O4. The second-order valence-electron chi connectivity index (χ2n) is 5.32. The Morgan fingerprint density at radius 3 is 2.08 bits per heavy atom. The van der Waals surface area contributed by atoms with Gasteiger partial charge in [-0.25, -0.2) is 8.78 Å². The Bertz CT molecular complexity index is 792. The molecule has 26 heavy (non-hydrogen) atoms. The number of amides is 2. The van der Waals surface area contributed by atoms with Gasteiger partial charge in [0.2, 0.25) is 0 Å². The lowest BCUT2D eigenvalue weighted by atomic mass is 10.2. The van der Waals surface area contributed by atoms with Gasteiger partial charge in [0.15, 0.2) is 6.10 Å². The predicted octanol–water partition coefficient (Wildman–Crippen LogP) is 2.26. The van der Waals surface area contributed by atoms with E-state index < -0.39 is 42.1 Å². The van der Waals surface area contributed by atoms with E-state index in [9.17, 15) is 23.2 Å². The molecule has 0 aliphatic carbocycles. The number of esters is 1. The Kier molecular flexibility index (Phi) is 6.37. The molecule has 0 spiro atoms. The third-order valence-corrected chi connectivity index (χ3v) is 3.29. The average Bonchev–Trinajstić information content (AvgIpc) is 2.62. The number of hydrogen-bond acceptors (Lipinski definition) is 4. The highest BCUT2D eigenvalue weighted by Gasteiger charge is 2.18. The fourth-order valence-corrected chi connectivity index (χ4v) is 1.93. The first kappa shape index (κ1) is 19.0. The van der Waals surface area contributed by atoms with Gasteiger partial charge in [0.05, 0.1) is 0 Å². The summed E-state index contributed by atoms with van der Waals surface area (Å²) in [6.07, 6.45) is -1.12. The van der Waals surface area contributed by atoms with Crippen molar-refractivity contribution in [2.75, 3.05) is 11.9 Å². The van der Waals surface area contributed by atoms with Crippen molar-refractivity contribution in [2.45, 2.75) is 13.0 Å². The van der Waals surface area contributed by atoms with Crippen molar-refractivity contribution in [3.63, 3.8) is 0 Å². The summed E-state index contributed by atoms with van der Waals surface area (Å²) < 4.78 is 30.5. The molecule has 0 unspecified atom stereocenters. The average molecular weight is 362 g/mol. The van der Waals surface area contributed by atoms with Gasteiger partial charge in [-0.2, -0.15) is 0 Å². The number of rotatable bonds is 6. The predicted molar refractivity (Wildman–Crippen MR) is 89.3 cm³/mol. The zero-order valence-electron chi connectivity index (χ0n) is 13.8. The van der Waals surface area contributed by atoms with Gasteiger partial charge >= 0.3 is 5.97 Å². The summed E-state index contributed by atoms with van der Waals surface area (Å²) in [5.74, 6) is -2.93. The fraction of sp³-hybridized carbons (Fsp3) is 0.167. The molecule has 0 bridgehead atoms. The summed E-state index contributed by atoms with van der Waals surface area (Å²) in [5.41, 5.74) is 0.533. The number of halogens is 2. The van der Waals surface area contributed by atoms with Crippen molar-refractivity contribution in [1.29, 1.82) is 0 Å². The molecule has 0 radical (unpaired) electrons. The first-order chi connectivity index (χ1) is 12.3. The van der Waals surface area contributed by atoms with Gasteiger partial charge in [-0.15, -0.1) is 0 Å². The quantitative estimate of drug-likeness (QED) is 0.772. The van der Waals surface area contributed by atoms with Crippen LogP contribution in [-0.2, 0) is 14.3 Å². The minimum absolute atomic E-state index is 0.182. The summed E-state index contributed by atoms with van der Waals surface area (Å²) in [6, 6.07) is 9.87. The zero-order chi connectivity index (χ0) is 19.1. The lowest BCUT2D eigenvalue weighted by Gasteiger charge is -2.14. The highest BCUT2D eigenvalue weighted by atomic mass is 19.1. The highest BCUT2D eigenvalue weighted by molar-refractivity contribution is 5.97. The monoisotopic (exact) mass is 362 g/mol. The molecule has 0 saturated carbocycles. The number of carbonyl (C=O) groups is 3. The van der Waals surface area contributed by atoms with E-state index in [1.165, 1.54) is 43.3 Å². The molecule has 2 amide bonds. The number of ether oxygens (including phenoxy) is 1. The first-order valence-corrected chi connectivity index (χ1v) is 7.65. The molecule has 6 nitrogen and oxygen atoms in total. The van der Waals surface area contributed by atoms with Crippen LogP contribution in [0.4, 0.5) is 14.5 Å². The van der Waals surface area contributed by atoms with E-state index in [4.69, 9.17) is 4.74 Å². The largest absolute Gasteiger partial charge is 0.451 e. The highest BCUT2D eigenvalue weighted by Crippen LogP contribution is 2.09. The zero-order valence-corrected chi connectivity index (χ0v) is 13.8. The van der Waals surface area contributed by atoms with E-state index in [1.807, 2.05) is 0 Å². The molecule has 2 rings (SSSR count). The molecule has 136 valence electrons. The van der Waals surface area contributed by atoms with Gasteiger partial charge in [-0.3, -0.25) is 14.4 Å². The number of nitrogens with one attached hydrogen (secondary N) is 2. The lowest BCUT2D eigenvalue weighted by Crippen LogP contribution is -2.35. The molecule has 0 aliphatic rings. The summed E-state index contributed by atoms with van der Waals surface area (Å²) in [6.45, 7) is 0.906. The van der Waals surface area contributed by atoms with Gasteiger partial charge in [0, 0.05) is 11.3 Å². The van der Waals surface area contributed by atoms with Crippen LogP contribution in [0.5, 0.6) is 0 Å². The van der Waals surface area contributed by atoms with Gasteiger partial charge in [0.25, 0.3) is 11.8 Å². The molecule has 0 aliphatic heterocycles. The van der Waals surface area contributed by atoms with Crippen LogP contribution in [0.1, 0.15) is 17.3 Å². The van der Waals surface area contributed by atoms with Gasteiger partial charge < -0.3 is 15.4 Å². The number of carbonyl (C=O) groups excluding carboxylic acids is 3. The summed E-state index contributed by atoms with van der Waals surface area (Å²) in [5, 5.41) is 4.77. The number of anilines is 1. The normalized spacial score (nSPS) is 11.3. The molecule has 8 heteroatoms. The second kappa shape index (κ2) is 8.70. The maximum Gasteiger partial charge on any atom is 0.326 e. The SMILES string of the molecule is C[C@@H](OC(=O)CNC(=O)c1ccc(F)cc1)C(=O)Nc1ccc(F)cc1. The van der Waals surface area contributed by atoms with Crippen LogP contribution in [0.3, 0.4) is 0 Å². The van der Waals surface area contributed by atoms with Crippen LogP contribution < -0.4 is 10.6 Å². The van der Waals surface area contributed by atoms with E-state index in [2.05, 4.69) is 10.6 Å². The summed E-state index contributed by atoms with van der Waals surface area (Å²) in [7, 11) is 0. The van der Waals surface area contributed by atoms with E-state index >= 15 is 0 Å². The molecule has 2 aromatic carbocycles. The van der Waals surface area contributed by atoms with Crippen LogP contribution in [-0.4, -0.2) is 30.4 Å². The van der Waals surface area contributed by atoms with Crippen molar-refractivity contribution in [3.05, 3.63) is 65.7 Å². The van der Waals surface area contributed by atoms with E-state index in [0.717, 1.165) is 12.1 Å². The molecule has 1 atom stereocenters. The van der Waals surface area contributed by atoms with Crippen LogP contribution >= 0.6 is 0 Å². The Morgan fingerprint density at radius 1 is 0.962 bits per heavy atom. The maximum atomic E-state index is 12.8. The van der Waals surface area contributed by atoms with Gasteiger partial charge in [-0.05, 0) is 55.5 Å². The van der Waals surface area contributed by atoms with Gasteiger partial charge in [0.1, 0.15) is 18.2 Å². The Hall–Kier alpha value is -3.29. The van der Waals surface area contributed by atoms with E-state index in [1.54, 1.807) is 0 Å². The Labute approximate surface area is 148 Å². The van der Waals surface area contributed by atoms with E-state index in [-0.39, 0.29) is 5.56 Å². The minimum Gasteiger partial charge on any atom is -0.451 e. The molecule has 2 N–H and O–H groups in total. The molecule has 2 aromatic rings.